The summed E-state index contributed by atoms with van der Waals surface area (Å²) in [7, 11) is 0. The van der Waals surface area contributed by atoms with Crippen LogP contribution in [0.15, 0.2) is 42.6 Å². The van der Waals surface area contributed by atoms with Crippen molar-refractivity contribution in [3.63, 3.8) is 0 Å². The Morgan fingerprint density at radius 2 is 1.93 bits per heavy atom. The number of nitrogens with zero attached hydrogens (tertiary/aromatic N) is 2. The maximum atomic E-state index is 12.9. The highest BCUT2D eigenvalue weighted by Gasteiger charge is 2.33. The molecule has 2 heterocycles. The van der Waals surface area contributed by atoms with Crippen molar-refractivity contribution in [2.24, 2.45) is 0 Å². The van der Waals surface area contributed by atoms with Gasteiger partial charge in [0.25, 0.3) is 0 Å². The van der Waals surface area contributed by atoms with Gasteiger partial charge in [0.1, 0.15) is 5.60 Å². The average molecular weight is 394 g/mol. The molecule has 1 N–H and O–H groups in total. The van der Waals surface area contributed by atoms with Crippen LogP contribution in [-0.2, 0) is 24.1 Å². The number of hydrogen-bond donors (Lipinski definition) is 1. The van der Waals surface area contributed by atoms with Crippen molar-refractivity contribution in [1.82, 2.24) is 15.2 Å². The molecule has 1 aromatic carbocycles. The number of benzene rings is 1. The molecule has 2 atom stereocenters. The van der Waals surface area contributed by atoms with E-state index >= 15 is 0 Å². The molecule has 154 valence electrons. The van der Waals surface area contributed by atoms with E-state index in [2.05, 4.69) is 34.6 Å². The number of carbonyl (C=O) groups excluding carboxylic acids is 1. The number of aryl methyl sites for hydroxylation is 1. The number of pyridine rings is 1. The van der Waals surface area contributed by atoms with Gasteiger partial charge >= 0.3 is 6.09 Å². The molecule has 1 aliphatic carbocycles. The van der Waals surface area contributed by atoms with Gasteiger partial charge in [0, 0.05) is 25.3 Å². The summed E-state index contributed by atoms with van der Waals surface area (Å²) in [4.78, 5) is 19.5. The van der Waals surface area contributed by atoms with Crippen molar-refractivity contribution in [3.8, 4) is 0 Å². The summed E-state index contributed by atoms with van der Waals surface area (Å²) in [5.74, 6) is 0. The molecule has 0 saturated carbocycles. The topological polar surface area (TPSA) is 54.5 Å². The Balaban J connectivity index is 1.51. The van der Waals surface area contributed by atoms with Crippen LogP contribution in [0.4, 0.5) is 4.79 Å². The molecule has 1 unspecified atom stereocenters. The number of fused-ring (bicyclic) bond motifs is 2. The molecule has 0 fully saturated rings. The first-order valence-corrected chi connectivity index (χ1v) is 10.6. The smallest absolute Gasteiger partial charge is 0.410 e. The largest absolute Gasteiger partial charge is 0.444 e. The summed E-state index contributed by atoms with van der Waals surface area (Å²) in [6.45, 7) is 7.08. The third-order valence-electron chi connectivity index (χ3n) is 5.78. The molecule has 5 heteroatoms. The molecule has 0 radical (unpaired) electrons. The van der Waals surface area contributed by atoms with Crippen LogP contribution in [0.25, 0.3) is 0 Å². The third-order valence-corrected chi connectivity index (χ3v) is 5.78. The van der Waals surface area contributed by atoms with Gasteiger partial charge in [-0.1, -0.05) is 30.3 Å². The molecule has 2 aromatic rings. The average Bonchev–Trinajstić information content (AvgIpc) is 2.70. The Labute approximate surface area is 173 Å². The van der Waals surface area contributed by atoms with E-state index in [9.17, 15) is 4.79 Å². The molecular weight excluding hydrogens is 362 g/mol. The lowest BCUT2D eigenvalue weighted by Crippen LogP contribution is -2.51. The first-order valence-electron chi connectivity index (χ1n) is 10.6. The van der Waals surface area contributed by atoms with Gasteiger partial charge in [-0.3, -0.25) is 9.88 Å². The lowest BCUT2D eigenvalue weighted by molar-refractivity contribution is 0.0116. The number of aromatic nitrogens is 1. The van der Waals surface area contributed by atoms with E-state index in [0.717, 1.165) is 25.8 Å². The molecule has 1 aromatic heterocycles. The summed E-state index contributed by atoms with van der Waals surface area (Å²) in [6.07, 6.45) is 5.83. The predicted molar refractivity (Wildman–Crippen MR) is 114 cm³/mol. The van der Waals surface area contributed by atoms with Gasteiger partial charge in [0.2, 0.25) is 0 Å². The first-order chi connectivity index (χ1) is 13.9. The summed E-state index contributed by atoms with van der Waals surface area (Å²) in [5.41, 5.74) is 4.53. The van der Waals surface area contributed by atoms with Crippen LogP contribution in [0, 0.1) is 0 Å². The Bertz CT molecular complexity index is 874. The van der Waals surface area contributed by atoms with E-state index in [1.807, 2.05) is 44.0 Å². The van der Waals surface area contributed by atoms with Gasteiger partial charge in [-0.2, -0.15) is 0 Å². The van der Waals surface area contributed by atoms with Crippen molar-refractivity contribution in [1.29, 1.82) is 0 Å². The minimum absolute atomic E-state index is 0.0637. The number of nitrogens with one attached hydrogen (secondary N) is 1. The van der Waals surface area contributed by atoms with E-state index in [1.54, 1.807) is 0 Å². The van der Waals surface area contributed by atoms with Crippen LogP contribution < -0.4 is 5.32 Å². The van der Waals surface area contributed by atoms with Gasteiger partial charge in [-0.05, 0) is 69.2 Å². The number of rotatable bonds is 3. The van der Waals surface area contributed by atoms with Crippen molar-refractivity contribution in [3.05, 3.63) is 65.0 Å². The first kappa shape index (κ1) is 19.9. The molecule has 1 amide bonds. The van der Waals surface area contributed by atoms with Crippen molar-refractivity contribution < 1.29 is 9.53 Å². The van der Waals surface area contributed by atoms with Gasteiger partial charge in [-0.25, -0.2) is 4.79 Å². The van der Waals surface area contributed by atoms with Crippen LogP contribution in [0.5, 0.6) is 0 Å². The normalized spacial score (nSPS) is 21.3. The molecular formula is C24H31N3O2. The second kappa shape index (κ2) is 8.15. The summed E-state index contributed by atoms with van der Waals surface area (Å²) in [6, 6.07) is 12.9. The van der Waals surface area contributed by atoms with Crippen molar-refractivity contribution >= 4 is 6.09 Å². The fraction of sp³-hybridized carbons (Fsp3) is 0.500. The van der Waals surface area contributed by atoms with Gasteiger partial charge in [-0.15, -0.1) is 0 Å². The highest BCUT2D eigenvalue weighted by Crippen LogP contribution is 2.29. The lowest BCUT2D eigenvalue weighted by atomic mass is 9.90. The maximum absolute atomic E-state index is 12.9. The lowest BCUT2D eigenvalue weighted by Gasteiger charge is -2.39. The zero-order chi connectivity index (χ0) is 20.4. The fourth-order valence-electron chi connectivity index (χ4n) is 4.39. The minimum Gasteiger partial charge on any atom is -0.444 e. The Morgan fingerprint density at radius 1 is 1.17 bits per heavy atom. The summed E-state index contributed by atoms with van der Waals surface area (Å²) >= 11 is 0. The predicted octanol–water partition coefficient (Wildman–Crippen LogP) is 4.41. The Morgan fingerprint density at radius 3 is 2.72 bits per heavy atom. The van der Waals surface area contributed by atoms with E-state index in [-0.39, 0.29) is 18.2 Å². The molecule has 1 aliphatic heterocycles. The van der Waals surface area contributed by atoms with Gasteiger partial charge in [0.05, 0.1) is 11.7 Å². The molecule has 29 heavy (non-hydrogen) atoms. The van der Waals surface area contributed by atoms with Crippen LogP contribution >= 0.6 is 0 Å². The Hall–Kier alpha value is -2.40. The molecule has 5 nitrogen and oxygen atoms in total. The van der Waals surface area contributed by atoms with Crippen molar-refractivity contribution in [2.45, 2.75) is 70.7 Å². The third kappa shape index (κ3) is 4.61. The van der Waals surface area contributed by atoms with E-state index in [4.69, 9.17) is 4.74 Å². The summed E-state index contributed by atoms with van der Waals surface area (Å²) < 4.78 is 5.72. The van der Waals surface area contributed by atoms with Crippen LogP contribution in [0.3, 0.4) is 0 Å². The van der Waals surface area contributed by atoms with E-state index in [1.165, 1.54) is 28.8 Å². The van der Waals surface area contributed by atoms with Gasteiger partial charge < -0.3 is 10.1 Å². The minimum atomic E-state index is -0.502. The summed E-state index contributed by atoms with van der Waals surface area (Å²) in [5, 5.41) is 3.71. The Kier molecular flexibility index (Phi) is 5.59. The molecule has 0 spiro atoms. The second-order valence-corrected chi connectivity index (χ2v) is 9.14. The quantitative estimate of drug-likeness (QED) is 0.839. The zero-order valence-corrected chi connectivity index (χ0v) is 17.6. The van der Waals surface area contributed by atoms with Crippen LogP contribution in [-0.4, -0.2) is 34.2 Å². The SMILES string of the molecule is CC(C)(C)OC(=O)N1Cc2ccccc2C[C@H]1CNC1CCCc2cccnc21. The van der Waals surface area contributed by atoms with Gasteiger partial charge in [0.15, 0.2) is 0 Å². The monoisotopic (exact) mass is 393 g/mol. The zero-order valence-electron chi connectivity index (χ0n) is 17.6. The van der Waals surface area contributed by atoms with E-state index in [0.29, 0.717) is 6.54 Å². The number of carbonyl (C=O) groups is 1. The highest BCUT2D eigenvalue weighted by atomic mass is 16.6. The molecule has 0 saturated heterocycles. The van der Waals surface area contributed by atoms with Crippen molar-refractivity contribution in [2.75, 3.05) is 6.54 Å². The number of amides is 1. The molecule has 2 aliphatic rings. The highest BCUT2D eigenvalue weighted by molar-refractivity contribution is 5.69. The second-order valence-electron chi connectivity index (χ2n) is 9.14. The van der Waals surface area contributed by atoms with Crippen LogP contribution in [0.2, 0.25) is 0 Å². The molecule has 4 rings (SSSR count). The maximum Gasteiger partial charge on any atom is 0.410 e. The number of ether oxygens (including phenoxy) is 1. The van der Waals surface area contributed by atoms with Crippen LogP contribution in [0.1, 0.15) is 62.0 Å². The number of hydrogen-bond acceptors (Lipinski definition) is 4. The van der Waals surface area contributed by atoms with E-state index < -0.39 is 5.60 Å². The fourth-order valence-corrected chi connectivity index (χ4v) is 4.39. The molecule has 0 bridgehead atoms. The standard InChI is InChI=1S/C24H31N3O2/c1-24(2,3)29-23(28)27-16-19-9-5-4-8-18(19)14-20(27)15-26-21-12-6-10-17-11-7-13-25-22(17)21/h4-5,7-9,11,13,20-21,26H,6,10,12,14-16H2,1-3H3/t20-,21?/m0/s1.